The van der Waals surface area contributed by atoms with Gasteiger partial charge in [0.15, 0.2) is 0 Å². The minimum atomic E-state index is -0.279. The highest BCUT2D eigenvalue weighted by atomic mass is 16.2. The summed E-state index contributed by atoms with van der Waals surface area (Å²) in [7, 11) is 1.82. The fourth-order valence-corrected chi connectivity index (χ4v) is 4.31. The lowest BCUT2D eigenvalue weighted by Gasteiger charge is -2.31. The van der Waals surface area contributed by atoms with E-state index in [0.717, 1.165) is 32.4 Å². The lowest BCUT2D eigenvalue weighted by molar-refractivity contribution is -0.141. The molecule has 4 unspecified atom stereocenters. The summed E-state index contributed by atoms with van der Waals surface area (Å²) in [6.07, 6.45) is 10.5. The van der Waals surface area contributed by atoms with Crippen molar-refractivity contribution in [1.29, 1.82) is 0 Å². The largest absolute Gasteiger partial charge is 0.342 e. The third-order valence-electron chi connectivity index (χ3n) is 5.32. The van der Waals surface area contributed by atoms with Crippen molar-refractivity contribution in [2.75, 3.05) is 18.4 Å². The Kier molecular flexibility index (Phi) is 5.25. The van der Waals surface area contributed by atoms with Gasteiger partial charge < -0.3 is 10.2 Å². The van der Waals surface area contributed by atoms with Crippen LogP contribution in [0.15, 0.2) is 24.5 Å². The second-order valence-corrected chi connectivity index (χ2v) is 7.22. The molecule has 6 heteroatoms. The molecule has 6 nitrogen and oxygen atoms in total. The van der Waals surface area contributed by atoms with Crippen LogP contribution < -0.4 is 5.32 Å². The van der Waals surface area contributed by atoms with Crippen molar-refractivity contribution in [1.82, 2.24) is 14.7 Å². The molecule has 4 atom stereocenters. The lowest BCUT2D eigenvalue weighted by atomic mass is 9.81. The average Bonchev–Trinajstić information content (AvgIpc) is 3.29. The third-order valence-corrected chi connectivity index (χ3v) is 5.32. The molecule has 0 aliphatic heterocycles. The van der Waals surface area contributed by atoms with Gasteiger partial charge in [-0.3, -0.25) is 14.3 Å². The Bertz CT molecular complexity index is 660. The standard InChI is InChI=1S/C19H28N4O2/c1-4-8-23(9-5-2)19(25)17-14-7-6-13(10-14)16(17)18(24)21-15-11-20-22(3)12-15/h6-7,11-14,16-17H,4-5,8-10H2,1-3H3,(H,21,24). The summed E-state index contributed by atoms with van der Waals surface area (Å²) in [4.78, 5) is 28.0. The Balaban J connectivity index is 1.78. The summed E-state index contributed by atoms with van der Waals surface area (Å²) in [6, 6.07) is 0. The molecule has 1 aromatic heterocycles. The van der Waals surface area contributed by atoms with Gasteiger partial charge in [0.05, 0.1) is 23.7 Å². The van der Waals surface area contributed by atoms with Crippen molar-refractivity contribution in [3.8, 4) is 0 Å². The number of anilines is 1. The summed E-state index contributed by atoms with van der Waals surface area (Å²) in [5.74, 6) is -0.0641. The molecule has 2 aliphatic carbocycles. The van der Waals surface area contributed by atoms with Crippen LogP contribution in [-0.2, 0) is 16.6 Å². The predicted octanol–water partition coefficient (Wildman–Crippen LogP) is 2.45. The van der Waals surface area contributed by atoms with E-state index in [9.17, 15) is 9.59 Å². The van der Waals surface area contributed by atoms with Crippen LogP contribution in [0.5, 0.6) is 0 Å². The van der Waals surface area contributed by atoms with Gasteiger partial charge in [-0.25, -0.2) is 0 Å². The Morgan fingerprint density at radius 3 is 2.40 bits per heavy atom. The highest BCUT2D eigenvalue weighted by Gasteiger charge is 2.52. The van der Waals surface area contributed by atoms with Gasteiger partial charge in [-0.15, -0.1) is 0 Å². The average molecular weight is 344 g/mol. The minimum absolute atomic E-state index is 0.0591. The number of fused-ring (bicyclic) bond motifs is 2. The minimum Gasteiger partial charge on any atom is -0.342 e. The van der Waals surface area contributed by atoms with E-state index in [1.807, 2.05) is 11.9 Å². The van der Waals surface area contributed by atoms with Crippen LogP contribution in [0.2, 0.25) is 0 Å². The first kappa shape index (κ1) is 17.7. The molecule has 0 saturated heterocycles. The molecule has 1 N–H and O–H groups in total. The molecule has 136 valence electrons. The molecule has 1 saturated carbocycles. The molecule has 2 aliphatic rings. The van der Waals surface area contributed by atoms with Gasteiger partial charge in [0.25, 0.3) is 0 Å². The number of aryl methyl sites for hydroxylation is 1. The number of carbonyl (C=O) groups excluding carboxylic acids is 2. The van der Waals surface area contributed by atoms with Crippen molar-refractivity contribution in [2.24, 2.45) is 30.7 Å². The van der Waals surface area contributed by atoms with Crippen molar-refractivity contribution in [2.45, 2.75) is 33.1 Å². The molecule has 2 amide bonds. The molecule has 0 radical (unpaired) electrons. The fraction of sp³-hybridized carbons (Fsp3) is 0.632. The number of hydrogen-bond donors (Lipinski definition) is 1. The molecule has 25 heavy (non-hydrogen) atoms. The lowest BCUT2D eigenvalue weighted by Crippen LogP contribution is -2.44. The maximum atomic E-state index is 13.2. The van der Waals surface area contributed by atoms with Gasteiger partial charge in [0, 0.05) is 26.3 Å². The fourth-order valence-electron chi connectivity index (χ4n) is 4.31. The Hall–Kier alpha value is -2.11. The van der Waals surface area contributed by atoms with Crippen LogP contribution in [0.25, 0.3) is 0 Å². The van der Waals surface area contributed by atoms with E-state index >= 15 is 0 Å². The Morgan fingerprint density at radius 2 is 1.84 bits per heavy atom. The first-order valence-corrected chi connectivity index (χ1v) is 9.31. The molecule has 2 bridgehead atoms. The number of nitrogens with zero attached hydrogens (tertiary/aromatic N) is 3. The molecule has 1 aromatic rings. The molecule has 1 fully saturated rings. The number of carbonyl (C=O) groups is 2. The molecule has 3 rings (SSSR count). The first-order valence-electron chi connectivity index (χ1n) is 9.31. The van der Waals surface area contributed by atoms with E-state index in [1.165, 1.54) is 0 Å². The van der Waals surface area contributed by atoms with E-state index < -0.39 is 0 Å². The normalized spacial score (nSPS) is 26.8. The van der Waals surface area contributed by atoms with E-state index in [1.54, 1.807) is 17.1 Å². The van der Waals surface area contributed by atoms with Crippen molar-refractivity contribution in [3.63, 3.8) is 0 Å². The van der Waals surface area contributed by atoms with Crippen molar-refractivity contribution >= 4 is 17.5 Å². The van der Waals surface area contributed by atoms with E-state index in [0.29, 0.717) is 5.69 Å². The zero-order valence-electron chi connectivity index (χ0n) is 15.3. The summed E-state index contributed by atoms with van der Waals surface area (Å²) in [6.45, 7) is 5.70. The van der Waals surface area contributed by atoms with E-state index in [2.05, 4.69) is 36.4 Å². The maximum absolute atomic E-state index is 13.2. The van der Waals surface area contributed by atoms with Gasteiger partial charge in [0.2, 0.25) is 11.8 Å². The van der Waals surface area contributed by atoms with Crippen LogP contribution >= 0.6 is 0 Å². The van der Waals surface area contributed by atoms with Gasteiger partial charge in [-0.05, 0) is 31.1 Å². The Morgan fingerprint density at radius 1 is 1.20 bits per heavy atom. The predicted molar refractivity (Wildman–Crippen MR) is 96.7 cm³/mol. The summed E-state index contributed by atoms with van der Waals surface area (Å²) >= 11 is 0. The van der Waals surface area contributed by atoms with Gasteiger partial charge in [-0.2, -0.15) is 5.10 Å². The monoisotopic (exact) mass is 344 g/mol. The smallest absolute Gasteiger partial charge is 0.228 e. The topological polar surface area (TPSA) is 67.2 Å². The second-order valence-electron chi connectivity index (χ2n) is 7.22. The molecule has 1 heterocycles. The molecular formula is C19H28N4O2. The molecule has 0 aromatic carbocycles. The van der Waals surface area contributed by atoms with Crippen LogP contribution in [-0.4, -0.2) is 39.6 Å². The quantitative estimate of drug-likeness (QED) is 0.773. The zero-order chi connectivity index (χ0) is 18.0. The van der Waals surface area contributed by atoms with Gasteiger partial charge in [-0.1, -0.05) is 26.0 Å². The van der Waals surface area contributed by atoms with Crippen molar-refractivity contribution in [3.05, 3.63) is 24.5 Å². The number of allylic oxidation sites excluding steroid dienone is 2. The maximum Gasteiger partial charge on any atom is 0.228 e. The van der Waals surface area contributed by atoms with E-state index in [-0.39, 0.29) is 35.5 Å². The SMILES string of the molecule is CCCN(CCC)C(=O)C1C2C=CC(C2)C1C(=O)Nc1cnn(C)c1. The Labute approximate surface area is 149 Å². The number of hydrogen-bond acceptors (Lipinski definition) is 3. The zero-order valence-corrected chi connectivity index (χ0v) is 15.3. The van der Waals surface area contributed by atoms with Crippen LogP contribution in [0, 0.1) is 23.7 Å². The van der Waals surface area contributed by atoms with Crippen molar-refractivity contribution < 1.29 is 9.59 Å². The highest BCUT2D eigenvalue weighted by Crippen LogP contribution is 2.49. The van der Waals surface area contributed by atoms with Crippen LogP contribution in [0.4, 0.5) is 5.69 Å². The second kappa shape index (κ2) is 7.42. The number of amides is 2. The van der Waals surface area contributed by atoms with E-state index in [4.69, 9.17) is 0 Å². The number of aromatic nitrogens is 2. The molecular weight excluding hydrogens is 316 g/mol. The number of nitrogens with one attached hydrogen (secondary N) is 1. The summed E-state index contributed by atoms with van der Waals surface area (Å²) in [5, 5.41) is 7.04. The van der Waals surface area contributed by atoms with Gasteiger partial charge in [0.1, 0.15) is 0 Å². The third kappa shape index (κ3) is 3.48. The highest BCUT2D eigenvalue weighted by molar-refractivity contribution is 5.97. The van der Waals surface area contributed by atoms with Gasteiger partial charge >= 0.3 is 0 Å². The van der Waals surface area contributed by atoms with Crippen LogP contribution in [0.3, 0.4) is 0 Å². The first-order chi connectivity index (χ1) is 12.0. The number of rotatable bonds is 7. The summed E-state index contributed by atoms with van der Waals surface area (Å²) in [5.41, 5.74) is 0.685. The van der Waals surface area contributed by atoms with Crippen LogP contribution in [0.1, 0.15) is 33.1 Å². The molecule has 0 spiro atoms. The summed E-state index contributed by atoms with van der Waals surface area (Å²) < 4.78 is 1.66.